The third-order valence-electron chi connectivity index (χ3n) is 3.15. The summed E-state index contributed by atoms with van der Waals surface area (Å²) in [5.74, 6) is -6.00. The number of rotatable bonds is 1. The minimum absolute atomic E-state index is 0.400. The molecule has 1 aromatic rings. The monoisotopic (exact) mass is 262 g/mol. The lowest BCUT2D eigenvalue weighted by atomic mass is 10.1. The highest BCUT2D eigenvalue weighted by molar-refractivity contribution is 5.48. The van der Waals surface area contributed by atoms with Gasteiger partial charge in [-0.15, -0.1) is 0 Å². The van der Waals surface area contributed by atoms with Crippen LogP contribution in [0, 0.1) is 23.5 Å². The summed E-state index contributed by atoms with van der Waals surface area (Å²) in [4.78, 5) is 3.93. The van der Waals surface area contributed by atoms with Crippen molar-refractivity contribution in [2.45, 2.75) is 32.1 Å². The Kier molecular flexibility index (Phi) is 4.04. The first-order chi connectivity index (χ1) is 8.61. The van der Waals surface area contributed by atoms with Crippen LogP contribution in [0.15, 0.2) is 0 Å². The van der Waals surface area contributed by atoms with Crippen molar-refractivity contribution >= 4 is 5.69 Å². The number of halogens is 4. The summed E-state index contributed by atoms with van der Waals surface area (Å²) in [5.41, 5.74) is -0.623. The number of pyridine rings is 1. The molecule has 0 spiro atoms. The van der Waals surface area contributed by atoms with Crippen LogP contribution in [0.4, 0.5) is 23.2 Å². The van der Waals surface area contributed by atoms with Gasteiger partial charge in [-0.3, -0.25) is 0 Å². The molecule has 0 radical (unpaired) electrons. The van der Waals surface area contributed by atoms with Crippen molar-refractivity contribution in [3.05, 3.63) is 23.5 Å². The summed E-state index contributed by atoms with van der Waals surface area (Å²) in [5, 5.41) is 0. The van der Waals surface area contributed by atoms with E-state index >= 15 is 0 Å². The molecule has 0 saturated carbocycles. The third-order valence-corrected chi connectivity index (χ3v) is 3.15. The summed E-state index contributed by atoms with van der Waals surface area (Å²) in [6.45, 7) is 0.799. The average molecular weight is 262 g/mol. The fraction of sp³-hybridized carbons (Fsp3) is 0.583. The van der Waals surface area contributed by atoms with Crippen LogP contribution in [-0.2, 0) is 0 Å². The maximum Gasteiger partial charge on any atom is 0.253 e. The first kappa shape index (κ1) is 13.1. The normalized spacial score (nSPS) is 17.4. The van der Waals surface area contributed by atoms with E-state index in [2.05, 4.69) is 4.98 Å². The Balaban J connectivity index is 2.35. The van der Waals surface area contributed by atoms with E-state index in [1.807, 2.05) is 0 Å². The van der Waals surface area contributed by atoms with Gasteiger partial charge in [-0.2, -0.15) is 22.5 Å². The van der Waals surface area contributed by atoms with Gasteiger partial charge in [-0.25, -0.2) is 0 Å². The Morgan fingerprint density at radius 2 is 1.17 bits per heavy atom. The van der Waals surface area contributed by atoms with E-state index in [9.17, 15) is 17.6 Å². The van der Waals surface area contributed by atoms with Crippen LogP contribution in [-0.4, -0.2) is 18.1 Å². The molecule has 1 aromatic heterocycles. The van der Waals surface area contributed by atoms with Gasteiger partial charge in [0.1, 0.15) is 5.69 Å². The first-order valence-corrected chi connectivity index (χ1v) is 6.06. The minimum Gasteiger partial charge on any atom is -0.367 e. The van der Waals surface area contributed by atoms with E-state index in [-0.39, 0.29) is 0 Å². The lowest BCUT2D eigenvalue weighted by molar-refractivity contribution is 0.403. The fourth-order valence-electron chi connectivity index (χ4n) is 2.22. The van der Waals surface area contributed by atoms with Gasteiger partial charge in [0, 0.05) is 13.1 Å². The van der Waals surface area contributed by atoms with Gasteiger partial charge in [0.25, 0.3) is 11.9 Å². The zero-order valence-electron chi connectivity index (χ0n) is 9.86. The Morgan fingerprint density at radius 1 is 0.722 bits per heavy atom. The van der Waals surface area contributed by atoms with Gasteiger partial charge in [0.15, 0.2) is 0 Å². The smallest absolute Gasteiger partial charge is 0.253 e. The average Bonchev–Trinajstić information content (AvgIpc) is 2.29. The summed E-state index contributed by atoms with van der Waals surface area (Å²) >= 11 is 0. The van der Waals surface area contributed by atoms with Gasteiger partial charge in [0.2, 0.25) is 11.6 Å². The predicted octanol–water partition coefficient (Wildman–Crippen LogP) is 3.41. The van der Waals surface area contributed by atoms with E-state index in [0.29, 0.717) is 13.1 Å². The van der Waals surface area contributed by atoms with Crippen molar-refractivity contribution in [2.75, 3.05) is 18.0 Å². The van der Waals surface area contributed by atoms with Crippen molar-refractivity contribution in [1.29, 1.82) is 0 Å². The first-order valence-electron chi connectivity index (χ1n) is 6.06. The third kappa shape index (κ3) is 2.57. The Morgan fingerprint density at radius 3 is 1.67 bits per heavy atom. The van der Waals surface area contributed by atoms with E-state index in [0.717, 1.165) is 32.1 Å². The van der Waals surface area contributed by atoms with Crippen LogP contribution in [0.3, 0.4) is 0 Å². The molecular formula is C12H14F4N2. The number of hydrogen-bond donors (Lipinski definition) is 0. The zero-order chi connectivity index (χ0) is 13.1. The zero-order valence-corrected chi connectivity index (χ0v) is 9.86. The molecular weight excluding hydrogens is 248 g/mol. The number of nitrogens with zero attached hydrogens (tertiary/aromatic N) is 2. The topological polar surface area (TPSA) is 16.1 Å². The molecule has 100 valence electrons. The highest BCUT2D eigenvalue weighted by Gasteiger charge is 2.25. The maximum absolute atomic E-state index is 13.6. The van der Waals surface area contributed by atoms with Crippen LogP contribution in [0.5, 0.6) is 0 Å². The predicted molar refractivity (Wildman–Crippen MR) is 59.4 cm³/mol. The molecule has 1 saturated heterocycles. The van der Waals surface area contributed by atoms with Crippen molar-refractivity contribution < 1.29 is 17.6 Å². The van der Waals surface area contributed by atoms with Crippen molar-refractivity contribution in [3.8, 4) is 0 Å². The molecule has 2 heterocycles. The van der Waals surface area contributed by atoms with Crippen LogP contribution in [0.2, 0.25) is 0 Å². The van der Waals surface area contributed by atoms with Crippen molar-refractivity contribution in [1.82, 2.24) is 4.98 Å². The molecule has 0 aromatic carbocycles. The number of anilines is 1. The fourth-order valence-corrected chi connectivity index (χ4v) is 2.22. The standard InChI is InChI=1S/C12H14F4N2/c13-8-10(9(14)12(16)17-11(8)15)18-6-4-2-1-3-5-7-18/h1-7H2. The second-order valence-corrected chi connectivity index (χ2v) is 4.42. The molecule has 18 heavy (non-hydrogen) atoms. The summed E-state index contributed by atoms with van der Waals surface area (Å²) < 4.78 is 53.2. The van der Waals surface area contributed by atoms with Crippen LogP contribution in [0.25, 0.3) is 0 Å². The van der Waals surface area contributed by atoms with E-state index in [1.165, 1.54) is 4.90 Å². The van der Waals surface area contributed by atoms with Crippen LogP contribution in [0.1, 0.15) is 32.1 Å². The Hall–Kier alpha value is -1.33. The second-order valence-electron chi connectivity index (χ2n) is 4.42. The molecule has 0 unspecified atom stereocenters. The molecule has 0 N–H and O–H groups in total. The van der Waals surface area contributed by atoms with E-state index in [4.69, 9.17) is 0 Å². The van der Waals surface area contributed by atoms with Crippen LogP contribution < -0.4 is 4.90 Å². The summed E-state index contributed by atoms with van der Waals surface area (Å²) in [6.07, 6.45) is 4.50. The van der Waals surface area contributed by atoms with Crippen LogP contribution >= 0.6 is 0 Å². The van der Waals surface area contributed by atoms with E-state index in [1.54, 1.807) is 0 Å². The number of hydrogen-bond acceptors (Lipinski definition) is 2. The Bertz CT molecular complexity index is 402. The molecule has 0 aliphatic carbocycles. The lowest BCUT2D eigenvalue weighted by Gasteiger charge is -2.27. The van der Waals surface area contributed by atoms with Gasteiger partial charge in [-0.05, 0) is 12.8 Å². The maximum atomic E-state index is 13.6. The molecule has 0 amide bonds. The highest BCUT2D eigenvalue weighted by Crippen LogP contribution is 2.27. The largest absolute Gasteiger partial charge is 0.367 e. The molecule has 2 nitrogen and oxygen atoms in total. The summed E-state index contributed by atoms with van der Waals surface area (Å²) in [6, 6.07) is 0. The van der Waals surface area contributed by atoms with Crippen molar-refractivity contribution in [2.24, 2.45) is 0 Å². The second kappa shape index (κ2) is 5.54. The number of aromatic nitrogens is 1. The molecule has 0 atom stereocenters. The van der Waals surface area contributed by atoms with Gasteiger partial charge < -0.3 is 4.90 Å². The molecule has 1 aliphatic heterocycles. The molecule has 1 fully saturated rings. The quantitative estimate of drug-likeness (QED) is 0.569. The van der Waals surface area contributed by atoms with Gasteiger partial charge >= 0.3 is 0 Å². The lowest BCUT2D eigenvalue weighted by Crippen LogP contribution is -2.29. The molecule has 1 aliphatic rings. The molecule has 0 bridgehead atoms. The van der Waals surface area contributed by atoms with Gasteiger partial charge in [0.05, 0.1) is 0 Å². The van der Waals surface area contributed by atoms with Crippen molar-refractivity contribution in [3.63, 3.8) is 0 Å². The molecule has 2 rings (SSSR count). The van der Waals surface area contributed by atoms with Gasteiger partial charge in [-0.1, -0.05) is 19.3 Å². The molecule has 6 heteroatoms. The highest BCUT2D eigenvalue weighted by atomic mass is 19.2. The van der Waals surface area contributed by atoms with E-state index < -0.39 is 29.2 Å². The SMILES string of the molecule is Fc1nc(F)c(F)c(N2CCCCCCC2)c1F. The minimum atomic E-state index is -1.59. The summed E-state index contributed by atoms with van der Waals surface area (Å²) in [7, 11) is 0. The Labute approximate surface area is 103 Å².